The zero-order valence-electron chi connectivity index (χ0n) is 10.7. The highest BCUT2D eigenvalue weighted by molar-refractivity contribution is 5.95. The van der Waals surface area contributed by atoms with Gasteiger partial charge in [-0.2, -0.15) is 5.10 Å². The summed E-state index contributed by atoms with van der Waals surface area (Å²) >= 11 is 0. The van der Waals surface area contributed by atoms with E-state index in [-0.39, 0.29) is 5.91 Å². The van der Waals surface area contributed by atoms with Gasteiger partial charge in [0.05, 0.1) is 17.5 Å². The summed E-state index contributed by atoms with van der Waals surface area (Å²) in [5.41, 5.74) is 4.23. The van der Waals surface area contributed by atoms with Crippen LogP contribution in [-0.2, 0) is 6.54 Å². The number of aryl methyl sites for hydroxylation is 3. The fourth-order valence-electron chi connectivity index (χ4n) is 1.75. The lowest BCUT2D eigenvalue weighted by molar-refractivity contribution is 0.0950. The fraction of sp³-hybridized carbons (Fsp3) is 0.308. The number of carbonyl (C=O) groups is 1. The molecule has 0 aromatic carbocycles. The van der Waals surface area contributed by atoms with E-state index in [1.54, 1.807) is 12.3 Å². The maximum absolute atomic E-state index is 12.0. The summed E-state index contributed by atoms with van der Waals surface area (Å²) in [5.74, 6) is -0.111. The first kappa shape index (κ1) is 12.3. The van der Waals surface area contributed by atoms with Gasteiger partial charge in [-0.25, -0.2) is 0 Å². The van der Waals surface area contributed by atoms with Crippen LogP contribution in [0, 0.1) is 20.8 Å². The van der Waals surface area contributed by atoms with Crippen molar-refractivity contribution < 1.29 is 4.79 Å². The quantitative estimate of drug-likeness (QED) is 0.862. The second-order valence-corrected chi connectivity index (χ2v) is 4.29. The topological polar surface area (TPSA) is 70.7 Å². The van der Waals surface area contributed by atoms with E-state index in [2.05, 4.69) is 20.5 Å². The Morgan fingerprint density at radius 3 is 2.72 bits per heavy atom. The third-order valence-electron chi connectivity index (χ3n) is 2.84. The van der Waals surface area contributed by atoms with Gasteiger partial charge >= 0.3 is 0 Å². The van der Waals surface area contributed by atoms with Gasteiger partial charge in [-0.05, 0) is 32.9 Å². The van der Waals surface area contributed by atoms with Crippen molar-refractivity contribution in [2.75, 3.05) is 0 Å². The molecule has 0 unspecified atom stereocenters. The van der Waals surface area contributed by atoms with Gasteiger partial charge < -0.3 is 5.32 Å². The highest BCUT2D eigenvalue weighted by Crippen LogP contribution is 2.07. The lowest BCUT2D eigenvalue weighted by Gasteiger charge is -2.07. The largest absolute Gasteiger partial charge is 0.348 e. The van der Waals surface area contributed by atoms with Gasteiger partial charge in [-0.3, -0.25) is 14.9 Å². The van der Waals surface area contributed by atoms with Crippen LogP contribution >= 0.6 is 0 Å². The first-order valence-electron chi connectivity index (χ1n) is 5.79. The third kappa shape index (κ3) is 2.56. The number of carbonyl (C=O) groups excluding carboxylic acids is 1. The van der Waals surface area contributed by atoms with E-state index in [1.165, 1.54) is 0 Å². The maximum Gasteiger partial charge on any atom is 0.253 e. The van der Waals surface area contributed by atoms with Gasteiger partial charge in [0, 0.05) is 23.5 Å². The molecule has 2 rings (SSSR count). The van der Waals surface area contributed by atoms with E-state index in [4.69, 9.17) is 0 Å². The molecule has 0 aliphatic carbocycles. The van der Waals surface area contributed by atoms with Gasteiger partial charge in [0.25, 0.3) is 5.91 Å². The number of rotatable bonds is 3. The molecule has 94 valence electrons. The molecule has 0 spiro atoms. The molecule has 2 aromatic rings. The second kappa shape index (κ2) is 5.00. The normalized spacial score (nSPS) is 10.4. The Bertz CT molecular complexity index is 574. The van der Waals surface area contributed by atoms with Crippen molar-refractivity contribution >= 4 is 5.91 Å². The van der Waals surface area contributed by atoms with Crippen LogP contribution in [0.15, 0.2) is 18.3 Å². The van der Waals surface area contributed by atoms with Gasteiger partial charge in [0.1, 0.15) is 0 Å². The predicted octanol–water partition coefficient (Wildman–Crippen LogP) is 1.66. The molecule has 0 fully saturated rings. The Hall–Kier alpha value is -2.17. The van der Waals surface area contributed by atoms with Crippen LogP contribution in [0.5, 0.6) is 0 Å². The van der Waals surface area contributed by atoms with Gasteiger partial charge in [0.2, 0.25) is 0 Å². The molecule has 1 amide bonds. The summed E-state index contributed by atoms with van der Waals surface area (Å²) in [7, 11) is 0. The van der Waals surface area contributed by atoms with E-state index in [1.807, 2.05) is 26.8 Å². The number of hydrogen-bond acceptors (Lipinski definition) is 3. The molecule has 2 aromatic heterocycles. The van der Waals surface area contributed by atoms with Crippen LogP contribution in [-0.4, -0.2) is 21.1 Å². The Balaban J connectivity index is 2.06. The number of aromatic amines is 1. The number of hydrogen-bond donors (Lipinski definition) is 2. The smallest absolute Gasteiger partial charge is 0.253 e. The van der Waals surface area contributed by atoms with E-state index >= 15 is 0 Å². The van der Waals surface area contributed by atoms with Crippen molar-refractivity contribution in [3.8, 4) is 0 Å². The molecule has 5 heteroatoms. The molecule has 18 heavy (non-hydrogen) atoms. The number of amides is 1. The Kier molecular flexibility index (Phi) is 3.41. The number of nitrogens with zero attached hydrogens (tertiary/aromatic N) is 2. The fourth-order valence-corrected chi connectivity index (χ4v) is 1.75. The van der Waals surface area contributed by atoms with Gasteiger partial charge in [-0.1, -0.05) is 0 Å². The first-order valence-corrected chi connectivity index (χ1v) is 5.79. The van der Waals surface area contributed by atoms with Crippen molar-refractivity contribution in [3.63, 3.8) is 0 Å². The van der Waals surface area contributed by atoms with Crippen molar-refractivity contribution in [1.29, 1.82) is 0 Å². The Labute approximate surface area is 106 Å². The van der Waals surface area contributed by atoms with Crippen molar-refractivity contribution in [2.45, 2.75) is 27.3 Å². The van der Waals surface area contributed by atoms with E-state index < -0.39 is 0 Å². The highest BCUT2D eigenvalue weighted by Gasteiger charge is 2.10. The summed E-state index contributed by atoms with van der Waals surface area (Å²) < 4.78 is 0. The molecule has 5 nitrogen and oxygen atoms in total. The van der Waals surface area contributed by atoms with Crippen LogP contribution in [0.4, 0.5) is 0 Å². The van der Waals surface area contributed by atoms with Crippen molar-refractivity contribution in [1.82, 2.24) is 20.5 Å². The second-order valence-electron chi connectivity index (χ2n) is 4.29. The van der Waals surface area contributed by atoms with Crippen LogP contribution in [0.25, 0.3) is 0 Å². The molecule has 0 aliphatic heterocycles. The third-order valence-corrected chi connectivity index (χ3v) is 2.84. The molecular weight excluding hydrogens is 228 g/mol. The minimum Gasteiger partial charge on any atom is -0.348 e. The monoisotopic (exact) mass is 244 g/mol. The van der Waals surface area contributed by atoms with Crippen LogP contribution < -0.4 is 5.32 Å². The maximum atomic E-state index is 12.0. The predicted molar refractivity (Wildman–Crippen MR) is 68.2 cm³/mol. The standard InChI is InChI=1S/C13H16N4O/c1-8-4-5-12(10(3)16-8)13(18)14-6-11-7-15-17-9(11)2/h4-5,7H,6H2,1-3H3,(H,14,18)(H,15,17). The molecule has 0 bridgehead atoms. The molecule has 0 atom stereocenters. The number of pyridine rings is 1. The zero-order valence-corrected chi connectivity index (χ0v) is 10.7. The van der Waals surface area contributed by atoms with E-state index in [9.17, 15) is 4.79 Å². The first-order chi connectivity index (χ1) is 8.58. The van der Waals surface area contributed by atoms with Crippen molar-refractivity contribution in [3.05, 3.63) is 46.5 Å². The molecular formula is C13H16N4O. The summed E-state index contributed by atoms with van der Waals surface area (Å²) in [6.07, 6.45) is 1.72. The van der Waals surface area contributed by atoms with Crippen LogP contribution in [0.2, 0.25) is 0 Å². The molecule has 0 aliphatic rings. The zero-order chi connectivity index (χ0) is 13.1. The number of H-pyrrole nitrogens is 1. The summed E-state index contributed by atoms with van der Waals surface area (Å²) in [5, 5.41) is 9.61. The number of aromatic nitrogens is 3. The lowest BCUT2D eigenvalue weighted by Crippen LogP contribution is -2.24. The Morgan fingerprint density at radius 1 is 1.33 bits per heavy atom. The number of nitrogens with one attached hydrogen (secondary N) is 2. The van der Waals surface area contributed by atoms with E-state index in [0.717, 1.165) is 22.6 Å². The highest BCUT2D eigenvalue weighted by atomic mass is 16.1. The minimum atomic E-state index is -0.111. The summed E-state index contributed by atoms with van der Waals surface area (Å²) in [6.45, 7) is 6.14. The van der Waals surface area contributed by atoms with Crippen LogP contribution in [0.1, 0.15) is 33.0 Å². The minimum absolute atomic E-state index is 0.111. The molecule has 0 radical (unpaired) electrons. The van der Waals surface area contributed by atoms with Gasteiger partial charge in [-0.15, -0.1) is 0 Å². The summed E-state index contributed by atoms with van der Waals surface area (Å²) in [4.78, 5) is 16.3. The average molecular weight is 244 g/mol. The van der Waals surface area contributed by atoms with Crippen LogP contribution in [0.3, 0.4) is 0 Å². The Morgan fingerprint density at radius 2 is 2.11 bits per heavy atom. The summed E-state index contributed by atoms with van der Waals surface area (Å²) in [6, 6.07) is 3.64. The molecule has 2 heterocycles. The molecule has 0 saturated carbocycles. The SMILES string of the molecule is Cc1ccc(C(=O)NCc2cn[nH]c2C)c(C)n1. The molecule has 0 saturated heterocycles. The average Bonchev–Trinajstić information content (AvgIpc) is 2.72. The lowest BCUT2D eigenvalue weighted by atomic mass is 10.1. The van der Waals surface area contributed by atoms with Crippen molar-refractivity contribution in [2.24, 2.45) is 0 Å². The van der Waals surface area contributed by atoms with Gasteiger partial charge in [0.15, 0.2) is 0 Å². The van der Waals surface area contributed by atoms with E-state index in [0.29, 0.717) is 12.1 Å². The molecule has 2 N–H and O–H groups in total.